The Morgan fingerprint density at radius 3 is 2.44 bits per heavy atom. The van der Waals surface area contributed by atoms with Crippen molar-refractivity contribution < 1.29 is 5.11 Å². The molecule has 2 aromatic carbocycles. The summed E-state index contributed by atoms with van der Waals surface area (Å²) < 4.78 is 1.85. The minimum absolute atomic E-state index is 0.270. The van der Waals surface area contributed by atoms with E-state index < -0.39 is 0 Å². The number of phenolic OH excluding ortho intramolecular Hbond substituents is 1. The molecular formula is C21H25N5O. The van der Waals surface area contributed by atoms with Crippen LogP contribution in [0.15, 0.2) is 72.0 Å². The topological polar surface area (TPSA) is 74.5 Å². The minimum atomic E-state index is 0.270. The van der Waals surface area contributed by atoms with Gasteiger partial charge in [0.25, 0.3) is 0 Å². The first-order valence-corrected chi connectivity index (χ1v) is 9.13. The van der Waals surface area contributed by atoms with E-state index in [-0.39, 0.29) is 5.75 Å². The van der Waals surface area contributed by atoms with Gasteiger partial charge in [0.05, 0.1) is 12.2 Å². The number of hydrogen-bond acceptors (Lipinski definition) is 3. The first-order chi connectivity index (χ1) is 13.2. The zero-order valence-electron chi connectivity index (χ0n) is 15.5. The molecule has 0 amide bonds. The van der Waals surface area contributed by atoms with Crippen LogP contribution >= 0.6 is 0 Å². The van der Waals surface area contributed by atoms with Crippen LogP contribution in [0.2, 0.25) is 0 Å². The van der Waals surface area contributed by atoms with E-state index in [1.165, 1.54) is 5.56 Å². The Kier molecular flexibility index (Phi) is 6.46. The Bertz CT molecular complexity index is 839. The molecule has 140 valence electrons. The van der Waals surface area contributed by atoms with Crippen molar-refractivity contribution in [2.45, 2.75) is 19.9 Å². The highest BCUT2D eigenvalue weighted by Crippen LogP contribution is 2.10. The number of guanidine groups is 1. The molecule has 0 spiro atoms. The van der Waals surface area contributed by atoms with E-state index in [9.17, 15) is 5.11 Å². The number of aromatic hydroxyl groups is 1. The van der Waals surface area contributed by atoms with E-state index in [1.54, 1.807) is 18.3 Å². The van der Waals surface area contributed by atoms with E-state index in [2.05, 4.69) is 45.0 Å². The third-order valence-corrected chi connectivity index (χ3v) is 4.11. The summed E-state index contributed by atoms with van der Waals surface area (Å²) in [4.78, 5) is 4.59. The largest absolute Gasteiger partial charge is 0.508 e. The van der Waals surface area contributed by atoms with Gasteiger partial charge in [-0.25, -0.2) is 9.67 Å². The van der Waals surface area contributed by atoms with Crippen LogP contribution in [-0.2, 0) is 13.0 Å². The first-order valence-electron chi connectivity index (χ1n) is 9.13. The molecule has 0 atom stereocenters. The predicted molar refractivity (Wildman–Crippen MR) is 108 cm³/mol. The van der Waals surface area contributed by atoms with Gasteiger partial charge in [0.15, 0.2) is 5.96 Å². The summed E-state index contributed by atoms with van der Waals surface area (Å²) in [6.45, 7) is 4.21. The maximum absolute atomic E-state index is 9.35. The lowest BCUT2D eigenvalue weighted by atomic mass is 10.1. The molecule has 0 radical (unpaired) electrons. The van der Waals surface area contributed by atoms with Crippen LogP contribution in [0.5, 0.6) is 5.75 Å². The van der Waals surface area contributed by atoms with Gasteiger partial charge in [0, 0.05) is 25.5 Å². The molecule has 3 aromatic rings. The fraction of sp³-hybridized carbons (Fsp3) is 0.238. The minimum Gasteiger partial charge on any atom is -0.508 e. The van der Waals surface area contributed by atoms with Gasteiger partial charge < -0.3 is 15.7 Å². The average Bonchev–Trinajstić information content (AvgIpc) is 3.23. The standard InChI is InChI=1S/C21H25N5O/c1-2-22-21(24-16-18-6-10-20(27)11-7-18)23-14-12-17-4-8-19(9-5-17)26-15-3-13-25-26/h3-11,13,15,27H,2,12,14,16H2,1H3,(H2,22,23,24). The van der Waals surface area contributed by atoms with E-state index in [1.807, 2.05) is 36.0 Å². The maximum Gasteiger partial charge on any atom is 0.191 e. The molecule has 0 bridgehead atoms. The fourth-order valence-electron chi connectivity index (χ4n) is 2.68. The van der Waals surface area contributed by atoms with Crippen molar-refractivity contribution in [3.8, 4) is 11.4 Å². The van der Waals surface area contributed by atoms with Crippen molar-refractivity contribution in [2.24, 2.45) is 4.99 Å². The highest BCUT2D eigenvalue weighted by Gasteiger charge is 2.00. The van der Waals surface area contributed by atoms with Gasteiger partial charge in [0.1, 0.15) is 5.75 Å². The molecule has 0 fully saturated rings. The normalized spacial score (nSPS) is 11.4. The average molecular weight is 363 g/mol. The van der Waals surface area contributed by atoms with Crippen LogP contribution in [0.25, 0.3) is 5.69 Å². The highest BCUT2D eigenvalue weighted by molar-refractivity contribution is 5.79. The molecule has 1 heterocycles. The molecule has 27 heavy (non-hydrogen) atoms. The molecule has 0 saturated heterocycles. The van der Waals surface area contributed by atoms with E-state index in [0.29, 0.717) is 6.54 Å². The van der Waals surface area contributed by atoms with Gasteiger partial charge in [-0.3, -0.25) is 0 Å². The number of rotatable bonds is 7. The lowest BCUT2D eigenvalue weighted by Crippen LogP contribution is -2.38. The number of hydrogen-bond donors (Lipinski definition) is 3. The number of nitrogens with one attached hydrogen (secondary N) is 2. The molecule has 0 aliphatic carbocycles. The molecule has 0 aliphatic heterocycles. The maximum atomic E-state index is 9.35. The molecule has 0 aliphatic rings. The van der Waals surface area contributed by atoms with Crippen molar-refractivity contribution in [3.05, 3.63) is 78.1 Å². The highest BCUT2D eigenvalue weighted by atomic mass is 16.3. The lowest BCUT2D eigenvalue weighted by molar-refractivity contribution is 0.475. The van der Waals surface area contributed by atoms with Crippen molar-refractivity contribution in [1.82, 2.24) is 20.4 Å². The quantitative estimate of drug-likeness (QED) is 0.446. The Labute approximate surface area is 159 Å². The number of phenols is 1. The molecule has 6 heteroatoms. The number of aliphatic imine (C=N–C) groups is 1. The summed E-state index contributed by atoms with van der Waals surface area (Å²) in [5, 5.41) is 20.2. The van der Waals surface area contributed by atoms with Crippen LogP contribution in [0.3, 0.4) is 0 Å². The summed E-state index contributed by atoms with van der Waals surface area (Å²) in [5.41, 5.74) is 3.37. The van der Waals surface area contributed by atoms with Gasteiger partial charge in [-0.05, 0) is 54.8 Å². The summed E-state index contributed by atoms with van der Waals surface area (Å²) in [6.07, 6.45) is 4.62. The van der Waals surface area contributed by atoms with Gasteiger partial charge >= 0.3 is 0 Å². The smallest absolute Gasteiger partial charge is 0.191 e. The first kappa shape index (κ1) is 18.5. The van der Waals surface area contributed by atoms with Crippen LogP contribution in [0, 0.1) is 0 Å². The summed E-state index contributed by atoms with van der Waals surface area (Å²) in [7, 11) is 0. The monoisotopic (exact) mass is 363 g/mol. The molecule has 0 saturated carbocycles. The number of aromatic nitrogens is 2. The van der Waals surface area contributed by atoms with Crippen molar-refractivity contribution in [1.29, 1.82) is 0 Å². The number of nitrogens with zero attached hydrogens (tertiary/aromatic N) is 3. The summed E-state index contributed by atoms with van der Waals surface area (Å²) in [5.74, 6) is 1.06. The second kappa shape index (κ2) is 9.43. The molecule has 1 aromatic heterocycles. The van der Waals surface area contributed by atoms with Gasteiger partial charge in [-0.15, -0.1) is 0 Å². The predicted octanol–water partition coefficient (Wildman–Crippen LogP) is 2.88. The Morgan fingerprint density at radius 1 is 1.04 bits per heavy atom. The van der Waals surface area contributed by atoms with E-state index in [4.69, 9.17) is 0 Å². The summed E-state index contributed by atoms with van der Waals surface area (Å²) >= 11 is 0. The van der Waals surface area contributed by atoms with Gasteiger partial charge in [-0.1, -0.05) is 24.3 Å². The van der Waals surface area contributed by atoms with Gasteiger partial charge in [-0.2, -0.15) is 5.10 Å². The molecule has 3 N–H and O–H groups in total. The van der Waals surface area contributed by atoms with E-state index >= 15 is 0 Å². The second-order valence-electron chi connectivity index (χ2n) is 6.16. The summed E-state index contributed by atoms with van der Waals surface area (Å²) in [6, 6.07) is 17.4. The SMILES string of the molecule is CCNC(=NCc1ccc(O)cc1)NCCc1ccc(-n2cccn2)cc1. The third-order valence-electron chi connectivity index (χ3n) is 4.11. The van der Waals surface area contributed by atoms with Crippen molar-refractivity contribution in [2.75, 3.05) is 13.1 Å². The van der Waals surface area contributed by atoms with Crippen molar-refractivity contribution >= 4 is 5.96 Å². The zero-order valence-corrected chi connectivity index (χ0v) is 15.5. The zero-order chi connectivity index (χ0) is 18.9. The van der Waals surface area contributed by atoms with Crippen LogP contribution in [0.4, 0.5) is 0 Å². The van der Waals surface area contributed by atoms with Crippen LogP contribution in [0.1, 0.15) is 18.1 Å². The molecule has 0 unspecified atom stereocenters. The number of benzene rings is 2. The van der Waals surface area contributed by atoms with Crippen molar-refractivity contribution in [3.63, 3.8) is 0 Å². The molecular weight excluding hydrogens is 338 g/mol. The molecule has 6 nitrogen and oxygen atoms in total. The Morgan fingerprint density at radius 2 is 1.78 bits per heavy atom. The van der Waals surface area contributed by atoms with Gasteiger partial charge in [0.2, 0.25) is 0 Å². The fourth-order valence-corrected chi connectivity index (χ4v) is 2.68. The Balaban J connectivity index is 1.51. The van der Waals surface area contributed by atoms with E-state index in [0.717, 1.165) is 36.7 Å². The third kappa shape index (κ3) is 5.60. The second-order valence-corrected chi connectivity index (χ2v) is 6.16. The van der Waals surface area contributed by atoms with Crippen LogP contribution < -0.4 is 10.6 Å². The lowest BCUT2D eigenvalue weighted by Gasteiger charge is -2.11. The molecule has 3 rings (SSSR count). The Hall–Kier alpha value is -3.28. The van der Waals surface area contributed by atoms with Crippen LogP contribution in [-0.4, -0.2) is 33.9 Å².